The van der Waals surface area contributed by atoms with Crippen LogP contribution in [0, 0.1) is 13.8 Å². The standard InChI is InChI=1S/C22H24ClN3O3S/c1-15-5-4-6-18-16(2)13-21(24-22(15)18)25-9-11-26(12-10-25)30(27,28)20-14-17(23)7-8-19(20)29-3/h4-8,13-14H,9-12H2,1-3H3. The van der Waals surface area contributed by atoms with Gasteiger partial charge in [-0.1, -0.05) is 29.8 Å². The molecule has 2 heterocycles. The summed E-state index contributed by atoms with van der Waals surface area (Å²) in [6, 6.07) is 12.9. The average molecular weight is 446 g/mol. The van der Waals surface area contributed by atoms with Crippen molar-refractivity contribution in [2.45, 2.75) is 18.7 Å². The van der Waals surface area contributed by atoms with Crippen molar-refractivity contribution in [1.82, 2.24) is 9.29 Å². The minimum atomic E-state index is -3.71. The first kappa shape index (κ1) is 20.9. The summed E-state index contributed by atoms with van der Waals surface area (Å²) >= 11 is 6.04. The second-order valence-electron chi connectivity index (χ2n) is 7.45. The van der Waals surface area contributed by atoms with Gasteiger partial charge in [0.15, 0.2) is 0 Å². The number of ether oxygens (including phenoxy) is 1. The molecular formula is C22H24ClN3O3S. The van der Waals surface area contributed by atoms with E-state index in [1.165, 1.54) is 17.5 Å². The highest BCUT2D eigenvalue weighted by atomic mass is 35.5. The monoisotopic (exact) mass is 445 g/mol. The Labute approximate surface area is 182 Å². The fourth-order valence-electron chi connectivity index (χ4n) is 3.85. The zero-order valence-corrected chi connectivity index (χ0v) is 18.8. The van der Waals surface area contributed by atoms with Crippen molar-refractivity contribution in [3.63, 3.8) is 0 Å². The number of nitrogens with zero attached hydrogens (tertiary/aromatic N) is 3. The minimum Gasteiger partial charge on any atom is -0.495 e. The van der Waals surface area contributed by atoms with E-state index in [0.717, 1.165) is 27.8 Å². The Kier molecular flexibility index (Phi) is 5.61. The van der Waals surface area contributed by atoms with Gasteiger partial charge in [-0.2, -0.15) is 4.31 Å². The maximum Gasteiger partial charge on any atom is 0.246 e. The number of pyridine rings is 1. The lowest BCUT2D eigenvalue weighted by molar-refractivity contribution is 0.373. The van der Waals surface area contributed by atoms with E-state index in [2.05, 4.69) is 36.9 Å². The Bertz CT molecular complexity index is 1210. The van der Waals surface area contributed by atoms with Gasteiger partial charge in [0.2, 0.25) is 10.0 Å². The number of anilines is 1. The molecule has 8 heteroatoms. The van der Waals surface area contributed by atoms with Crippen LogP contribution >= 0.6 is 11.6 Å². The van der Waals surface area contributed by atoms with Gasteiger partial charge in [-0.3, -0.25) is 0 Å². The van der Waals surface area contributed by atoms with Gasteiger partial charge >= 0.3 is 0 Å². The molecule has 0 aliphatic carbocycles. The molecule has 4 rings (SSSR count). The number of sulfonamides is 1. The second kappa shape index (κ2) is 8.06. The van der Waals surface area contributed by atoms with E-state index in [-0.39, 0.29) is 4.90 Å². The maximum atomic E-state index is 13.2. The summed E-state index contributed by atoms with van der Waals surface area (Å²) in [5, 5.41) is 1.51. The number of halogens is 1. The van der Waals surface area contributed by atoms with Gasteiger partial charge in [0.05, 0.1) is 12.6 Å². The first-order chi connectivity index (χ1) is 14.3. The molecule has 1 aromatic heterocycles. The molecule has 0 radical (unpaired) electrons. The lowest BCUT2D eigenvalue weighted by Crippen LogP contribution is -2.49. The highest BCUT2D eigenvalue weighted by Crippen LogP contribution is 2.31. The summed E-state index contributed by atoms with van der Waals surface area (Å²) in [5.41, 5.74) is 3.29. The molecule has 1 saturated heterocycles. The molecule has 1 aliphatic heterocycles. The Balaban J connectivity index is 1.58. The summed E-state index contributed by atoms with van der Waals surface area (Å²) in [4.78, 5) is 7.10. The number of aryl methyl sites for hydroxylation is 2. The lowest BCUT2D eigenvalue weighted by Gasteiger charge is -2.35. The van der Waals surface area contributed by atoms with E-state index in [1.807, 2.05) is 6.07 Å². The Hall–Kier alpha value is -2.35. The van der Waals surface area contributed by atoms with Crippen molar-refractivity contribution in [3.8, 4) is 5.75 Å². The van der Waals surface area contributed by atoms with Gasteiger partial charge in [0.1, 0.15) is 16.5 Å². The Morgan fingerprint density at radius 1 is 1.00 bits per heavy atom. The van der Waals surface area contributed by atoms with E-state index >= 15 is 0 Å². The molecule has 1 aliphatic rings. The zero-order chi connectivity index (χ0) is 21.5. The summed E-state index contributed by atoms with van der Waals surface area (Å²) < 4.78 is 33.1. The topological polar surface area (TPSA) is 62.7 Å². The third kappa shape index (κ3) is 3.73. The lowest BCUT2D eigenvalue weighted by atomic mass is 10.1. The zero-order valence-electron chi connectivity index (χ0n) is 17.2. The fraction of sp³-hybridized carbons (Fsp3) is 0.318. The van der Waals surface area contributed by atoms with Crippen LogP contribution in [0.25, 0.3) is 10.9 Å². The van der Waals surface area contributed by atoms with Gasteiger partial charge in [-0.15, -0.1) is 0 Å². The molecule has 158 valence electrons. The SMILES string of the molecule is COc1ccc(Cl)cc1S(=O)(=O)N1CCN(c2cc(C)c3cccc(C)c3n2)CC1. The predicted octanol–water partition coefficient (Wildman–Crippen LogP) is 4.02. The van der Waals surface area contributed by atoms with Crippen molar-refractivity contribution in [2.75, 3.05) is 38.2 Å². The maximum absolute atomic E-state index is 13.2. The first-order valence-corrected chi connectivity index (χ1v) is 11.6. The number of hydrogen-bond acceptors (Lipinski definition) is 5. The third-order valence-corrected chi connectivity index (χ3v) is 7.70. The van der Waals surface area contributed by atoms with E-state index in [9.17, 15) is 8.42 Å². The summed E-state index contributed by atoms with van der Waals surface area (Å²) in [6.07, 6.45) is 0. The Morgan fingerprint density at radius 3 is 2.43 bits per heavy atom. The van der Waals surface area contributed by atoms with E-state index < -0.39 is 10.0 Å². The molecule has 1 fully saturated rings. The number of methoxy groups -OCH3 is 1. The average Bonchev–Trinajstić information content (AvgIpc) is 2.74. The van der Waals surface area contributed by atoms with Crippen LogP contribution in [0.5, 0.6) is 5.75 Å². The van der Waals surface area contributed by atoms with Crippen molar-refractivity contribution in [1.29, 1.82) is 0 Å². The van der Waals surface area contributed by atoms with Crippen LogP contribution in [0.4, 0.5) is 5.82 Å². The number of aromatic nitrogens is 1. The van der Waals surface area contributed by atoms with Crippen LogP contribution in [0.15, 0.2) is 47.4 Å². The van der Waals surface area contributed by atoms with Crippen LogP contribution in [0.2, 0.25) is 5.02 Å². The van der Waals surface area contributed by atoms with Gasteiger partial charge in [0, 0.05) is 36.6 Å². The molecule has 6 nitrogen and oxygen atoms in total. The van der Waals surface area contributed by atoms with Gasteiger partial charge in [-0.25, -0.2) is 13.4 Å². The van der Waals surface area contributed by atoms with Gasteiger partial charge < -0.3 is 9.64 Å². The fourth-order valence-corrected chi connectivity index (χ4v) is 5.70. The highest BCUT2D eigenvalue weighted by Gasteiger charge is 2.31. The van der Waals surface area contributed by atoms with Crippen LogP contribution in [0.3, 0.4) is 0 Å². The summed E-state index contributed by atoms with van der Waals surface area (Å²) in [5.74, 6) is 1.18. The number of hydrogen-bond donors (Lipinski definition) is 0. The normalized spacial score (nSPS) is 15.5. The second-order valence-corrected chi connectivity index (χ2v) is 9.80. The van der Waals surface area contributed by atoms with Crippen LogP contribution in [-0.4, -0.2) is 51.0 Å². The van der Waals surface area contributed by atoms with Gasteiger partial charge in [-0.05, 0) is 49.2 Å². The molecule has 0 unspecified atom stereocenters. The molecular weight excluding hydrogens is 422 g/mol. The molecule has 0 amide bonds. The van der Waals surface area contributed by atoms with Crippen LogP contribution in [0.1, 0.15) is 11.1 Å². The number of piperazine rings is 1. The van der Waals surface area contributed by atoms with Crippen molar-refractivity contribution >= 4 is 38.3 Å². The molecule has 0 saturated carbocycles. The largest absolute Gasteiger partial charge is 0.495 e. The predicted molar refractivity (Wildman–Crippen MR) is 120 cm³/mol. The molecule has 30 heavy (non-hydrogen) atoms. The van der Waals surface area contributed by atoms with Crippen molar-refractivity contribution in [2.24, 2.45) is 0 Å². The number of benzene rings is 2. The smallest absolute Gasteiger partial charge is 0.246 e. The molecule has 0 N–H and O–H groups in total. The number of fused-ring (bicyclic) bond motifs is 1. The highest BCUT2D eigenvalue weighted by molar-refractivity contribution is 7.89. The third-order valence-electron chi connectivity index (χ3n) is 5.54. The molecule has 0 bridgehead atoms. The minimum absolute atomic E-state index is 0.0984. The molecule has 0 atom stereocenters. The number of para-hydroxylation sites is 1. The van der Waals surface area contributed by atoms with E-state index in [4.69, 9.17) is 21.3 Å². The van der Waals surface area contributed by atoms with Crippen LogP contribution in [-0.2, 0) is 10.0 Å². The number of rotatable bonds is 4. The first-order valence-electron chi connectivity index (χ1n) is 9.77. The van der Waals surface area contributed by atoms with Gasteiger partial charge in [0.25, 0.3) is 0 Å². The van der Waals surface area contributed by atoms with E-state index in [0.29, 0.717) is 37.0 Å². The summed E-state index contributed by atoms with van der Waals surface area (Å²) in [6.45, 7) is 5.99. The van der Waals surface area contributed by atoms with E-state index in [1.54, 1.807) is 12.1 Å². The summed E-state index contributed by atoms with van der Waals surface area (Å²) in [7, 11) is -2.25. The van der Waals surface area contributed by atoms with Crippen LogP contribution < -0.4 is 9.64 Å². The molecule has 3 aromatic rings. The molecule has 0 spiro atoms. The quantitative estimate of drug-likeness (QED) is 0.606. The molecule has 2 aromatic carbocycles. The van der Waals surface area contributed by atoms with Crippen molar-refractivity contribution < 1.29 is 13.2 Å². The Morgan fingerprint density at radius 2 is 1.73 bits per heavy atom. The van der Waals surface area contributed by atoms with Crippen molar-refractivity contribution in [3.05, 3.63) is 58.6 Å².